The Hall–Kier alpha value is -1.46. The quantitative estimate of drug-likeness (QED) is 0.758. The molecular weight excluding hydrogens is 347 g/mol. The van der Waals surface area contributed by atoms with E-state index in [4.69, 9.17) is 22.1 Å². The number of nitrogen functional groups attached to an aromatic ring is 1. The lowest BCUT2D eigenvalue weighted by Crippen LogP contribution is -2.01. The molecule has 106 valence electrons. The van der Waals surface area contributed by atoms with Crippen LogP contribution in [-0.4, -0.2) is 6.61 Å². The fourth-order valence-corrected chi connectivity index (χ4v) is 2.40. The summed E-state index contributed by atoms with van der Waals surface area (Å²) in [6.45, 7) is 2.16. The van der Waals surface area contributed by atoms with E-state index in [0.29, 0.717) is 23.0 Å². The normalized spacial score (nSPS) is 10.4. The van der Waals surface area contributed by atoms with Crippen molar-refractivity contribution in [2.24, 2.45) is 0 Å². The van der Waals surface area contributed by atoms with Crippen LogP contribution in [0.4, 0.5) is 21.5 Å². The Bertz CT molecular complexity index is 637. The highest BCUT2D eigenvalue weighted by Gasteiger charge is 2.10. The monoisotopic (exact) mass is 358 g/mol. The number of halogens is 3. The third-order valence-electron chi connectivity index (χ3n) is 2.60. The molecule has 3 nitrogen and oxygen atoms in total. The molecule has 0 bridgehead atoms. The van der Waals surface area contributed by atoms with Crippen molar-refractivity contribution in [1.82, 2.24) is 0 Å². The lowest BCUT2D eigenvalue weighted by Gasteiger charge is -2.13. The SMILES string of the molecule is CCOc1cc(Nc2ccc(Br)cc2Cl)c(N)cc1F. The zero-order valence-corrected chi connectivity index (χ0v) is 13.1. The molecule has 2 aromatic rings. The van der Waals surface area contributed by atoms with Gasteiger partial charge in [0, 0.05) is 16.6 Å². The largest absolute Gasteiger partial charge is 0.491 e. The molecule has 0 amide bonds. The first-order valence-corrected chi connectivity index (χ1v) is 7.12. The molecule has 6 heteroatoms. The third kappa shape index (κ3) is 3.35. The number of hydrogen-bond acceptors (Lipinski definition) is 3. The van der Waals surface area contributed by atoms with E-state index in [0.717, 1.165) is 4.47 Å². The van der Waals surface area contributed by atoms with Gasteiger partial charge in [-0.15, -0.1) is 0 Å². The van der Waals surface area contributed by atoms with Crippen molar-refractivity contribution < 1.29 is 9.13 Å². The molecule has 3 N–H and O–H groups in total. The van der Waals surface area contributed by atoms with Gasteiger partial charge in [0.15, 0.2) is 11.6 Å². The number of hydrogen-bond donors (Lipinski definition) is 2. The molecule has 0 heterocycles. The van der Waals surface area contributed by atoms with E-state index < -0.39 is 5.82 Å². The fourth-order valence-electron chi connectivity index (χ4n) is 1.68. The molecule has 0 radical (unpaired) electrons. The second kappa shape index (κ2) is 6.33. The number of anilines is 3. The van der Waals surface area contributed by atoms with E-state index in [9.17, 15) is 4.39 Å². The fraction of sp³-hybridized carbons (Fsp3) is 0.143. The van der Waals surface area contributed by atoms with Crippen molar-refractivity contribution in [3.05, 3.63) is 45.6 Å². The van der Waals surface area contributed by atoms with Crippen LogP contribution in [0.2, 0.25) is 5.02 Å². The lowest BCUT2D eigenvalue weighted by atomic mass is 10.2. The van der Waals surface area contributed by atoms with Gasteiger partial charge < -0.3 is 15.8 Å². The zero-order chi connectivity index (χ0) is 14.7. The summed E-state index contributed by atoms with van der Waals surface area (Å²) in [7, 11) is 0. The molecule has 0 atom stereocenters. The molecule has 0 saturated carbocycles. The van der Waals surface area contributed by atoms with Crippen LogP contribution in [0.3, 0.4) is 0 Å². The van der Waals surface area contributed by atoms with Gasteiger partial charge in [-0.25, -0.2) is 4.39 Å². The Kier molecular flexibility index (Phi) is 4.73. The Morgan fingerprint density at radius 3 is 2.70 bits per heavy atom. The van der Waals surface area contributed by atoms with E-state index >= 15 is 0 Å². The van der Waals surface area contributed by atoms with Crippen LogP contribution < -0.4 is 15.8 Å². The van der Waals surface area contributed by atoms with E-state index in [1.165, 1.54) is 12.1 Å². The maximum Gasteiger partial charge on any atom is 0.167 e. The molecule has 0 unspecified atom stereocenters. The topological polar surface area (TPSA) is 47.3 Å². The van der Waals surface area contributed by atoms with Crippen LogP contribution in [0.25, 0.3) is 0 Å². The Balaban J connectivity index is 2.35. The number of ether oxygens (including phenoxy) is 1. The molecule has 0 aliphatic heterocycles. The zero-order valence-electron chi connectivity index (χ0n) is 10.7. The maximum atomic E-state index is 13.6. The smallest absolute Gasteiger partial charge is 0.167 e. The Labute approximate surface area is 130 Å². The molecule has 0 fully saturated rings. The van der Waals surface area contributed by atoms with Gasteiger partial charge in [-0.05, 0) is 25.1 Å². The maximum absolute atomic E-state index is 13.6. The number of nitrogens with one attached hydrogen (secondary N) is 1. The summed E-state index contributed by atoms with van der Waals surface area (Å²) in [5, 5.41) is 3.60. The summed E-state index contributed by atoms with van der Waals surface area (Å²) >= 11 is 9.46. The van der Waals surface area contributed by atoms with Crippen LogP contribution in [0.15, 0.2) is 34.8 Å². The van der Waals surface area contributed by atoms with Gasteiger partial charge in [-0.1, -0.05) is 27.5 Å². The molecular formula is C14H13BrClFN2O. The van der Waals surface area contributed by atoms with Crippen LogP contribution >= 0.6 is 27.5 Å². The molecule has 20 heavy (non-hydrogen) atoms. The third-order valence-corrected chi connectivity index (χ3v) is 3.41. The van der Waals surface area contributed by atoms with Gasteiger partial charge in [0.2, 0.25) is 0 Å². The average molecular weight is 360 g/mol. The highest BCUT2D eigenvalue weighted by molar-refractivity contribution is 9.10. The summed E-state index contributed by atoms with van der Waals surface area (Å²) in [5.74, 6) is -0.339. The van der Waals surface area contributed by atoms with Crippen molar-refractivity contribution in [1.29, 1.82) is 0 Å². The minimum Gasteiger partial charge on any atom is -0.491 e. The summed E-state index contributed by atoms with van der Waals surface area (Å²) in [6.07, 6.45) is 0. The van der Waals surface area contributed by atoms with Crippen molar-refractivity contribution in [2.45, 2.75) is 6.92 Å². The highest BCUT2D eigenvalue weighted by atomic mass is 79.9. The molecule has 2 rings (SSSR count). The van der Waals surface area contributed by atoms with Crippen molar-refractivity contribution >= 4 is 44.6 Å². The number of rotatable bonds is 4. The Morgan fingerprint density at radius 1 is 1.30 bits per heavy atom. The summed E-state index contributed by atoms with van der Waals surface area (Å²) in [5.41, 5.74) is 7.30. The van der Waals surface area contributed by atoms with Crippen LogP contribution in [0, 0.1) is 5.82 Å². The summed E-state index contributed by atoms with van der Waals surface area (Å²) in [6, 6.07) is 8.15. The minimum atomic E-state index is -0.489. The van der Waals surface area contributed by atoms with Crippen molar-refractivity contribution in [3.63, 3.8) is 0 Å². The highest BCUT2D eigenvalue weighted by Crippen LogP contribution is 2.33. The first-order valence-electron chi connectivity index (χ1n) is 5.95. The molecule has 0 aromatic heterocycles. The van der Waals surface area contributed by atoms with Crippen LogP contribution in [0.5, 0.6) is 5.75 Å². The summed E-state index contributed by atoms with van der Waals surface area (Å²) in [4.78, 5) is 0. The summed E-state index contributed by atoms with van der Waals surface area (Å²) < 4.78 is 19.7. The van der Waals surface area contributed by atoms with Gasteiger partial charge in [0.1, 0.15) is 0 Å². The number of benzene rings is 2. The van der Waals surface area contributed by atoms with Crippen LogP contribution in [-0.2, 0) is 0 Å². The second-order valence-electron chi connectivity index (χ2n) is 4.05. The van der Waals surface area contributed by atoms with E-state index in [1.54, 1.807) is 19.1 Å². The van der Waals surface area contributed by atoms with Gasteiger partial charge in [0.25, 0.3) is 0 Å². The molecule has 0 saturated heterocycles. The van der Waals surface area contributed by atoms with Gasteiger partial charge in [0.05, 0.1) is 28.7 Å². The van der Waals surface area contributed by atoms with Crippen LogP contribution in [0.1, 0.15) is 6.92 Å². The van der Waals surface area contributed by atoms with E-state index in [-0.39, 0.29) is 11.4 Å². The van der Waals surface area contributed by atoms with Gasteiger partial charge in [-0.2, -0.15) is 0 Å². The molecule has 0 aliphatic carbocycles. The predicted octanol–water partition coefficient (Wildman–Crippen LogP) is 4.97. The van der Waals surface area contributed by atoms with Crippen molar-refractivity contribution in [2.75, 3.05) is 17.7 Å². The van der Waals surface area contributed by atoms with Gasteiger partial charge in [-0.3, -0.25) is 0 Å². The first kappa shape index (κ1) is 14.9. The molecule has 0 aliphatic rings. The molecule has 0 spiro atoms. The Morgan fingerprint density at radius 2 is 2.05 bits per heavy atom. The number of nitrogens with two attached hydrogens (primary N) is 1. The van der Waals surface area contributed by atoms with Crippen molar-refractivity contribution in [3.8, 4) is 5.75 Å². The second-order valence-corrected chi connectivity index (χ2v) is 5.37. The lowest BCUT2D eigenvalue weighted by molar-refractivity contribution is 0.322. The van der Waals surface area contributed by atoms with E-state index in [2.05, 4.69) is 21.2 Å². The minimum absolute atomic E-state index is 0.150. The molecule has 2 aromatic carbocycles. The standard InChI is InChI=1S/C14H13BrClFN2O/c1-2-20-14-7-13(11(18)6-10(14)17)19-12-4-3-8(15)5-9(12)16/h3-7,19H,2,18H2,1H3. The van der Waals surface area contributed by atoms with Gasteiger partial charge >= 0.3 is 0 Å². The average Bonchev–Trinajstić information content (AvgIpc) is 2.38. The van der Waals surface area contributed by atoms with E-state index in [1.807, 2.05) is 6.07 Å². The predicted molar refractivity (Wildman–Crippen MR) is 84.4 cm³/mol. The first-order chi connectivity index (χ1) is 9.51.